The Morgan fingerprint density at radius 2 is 1.88 bits per heavy atom. The zero-order valence-electron chi connectivity index (χ0n) is 12.2. The van der Waals surface area contributed by atoms with Crippen LogP contribution in [-0.4, -0.2) is 11.1 Å². The zero-order chi connectivity index (χ0) is 17.7. The van der Waals surface area contributed by atoms with E-state index in [1.807, 2.05) is 24.3 Å². The van der Waals surface area contributed by atoms with Crippen LogP contribution in [0.15, 0.2) is 46.9 Å². The molecular formula is C15H13BrClF2O3PS. The van der Waals surface area contributed by atoms with Gasteiger partial charge in [-0.1, -0.05) is 29.8 Å². The molecule has 0 aliphatic rings. The van der Waals surface area contributed by atoms with Crippen LogP contribution in [0.4, 0.5) is 8.78 Å². The van der Waals surface area contributed by atoms with Gasteiger partial charge in [-0.15, -0.1) is 0 Å². The molecule has 0 aliphatic carbocycles. The molecule has 3 nitrogen and oxygen atoms in total. The maximum Gasteiger partial charge on any atom is 0.442 e. The summed E-state index contributed by atoms with van der Waals surface area (Å²) < 4.78 is 40.9. The van der Waals surface area contributed by atoms with E-state index in [0.717, 1.165) is 16.9 Å². The van der Waals surface area contributed by atoms with Crippen molar-refractivity contribution >= 4 is 46.9 Å². The highest BCUT2D eigenvalue weighted by molar-refractivity contribution is 9.10. The van der Waals surface area contributed by atoms with Crippen molar-refractivity contribution in [3.8, 4) is 5.75 Å². The van der Waals surface area contributed by atoms with E-state index in [9.17, 15) is 13.3 Å². The average Bonchev–Trinajstić information content (AvgIpc) is 2.50. The van der Waals surface area contributed by atoms with Gasteiger partial charge in [-0.25, -0.2) is 4.57 Å². The molecule has 0 aliphatic heterocycles. The van der Waals surface area contributed by atoms with Crippen molar-refractivity contribution in [3.63, 3.8) is 0 Å². The van der Waals surface area contributed by atoms with Gasteiger partial charge in [0, 0.05) is 16.5 Å². The first-order valence-corrected chi connectivity index (χ1v) is 10.7. The summed E-state index contributed by atoms with van der Waals surface area (Å²) in [5.74, 6) is 1.36. The molecule has 0 saturated carbocycles. The van der Waals surface area contributed by atoms with Crippen LogP contribution >= 0.6 is 46.9 Å². The molecule has 0 bridgehead atoms. The Balaban J connectivity index is 1.96. The third-order valence-electron chi connectivity index (χ3n) is 2.90. The highest BCUT2D eigenvalue weighted by Crippen LogP contribution is 2.50. The molecule has 1 N–H and O–H groups in total. The summed E-state index contributed by atoms with van der Waals surface area (Å²) in [6.07, 6.45) is -3.45. The molecule has 0 spiro atoms. The lowest BCUT2D eigenvalue weighted by Crippen LogP contribution is -2.01. The monoisotopic (exact) mass is 456 g/mol. The second-order valence-corrected chi connectivity index (χ2v) is 8.80. The highest BCUT2D eigenvalue weighted by atomic mass is 79.9. The summed E-state index contributed by atoms with van der Waals surface area (Å²) in [5, 5.41) is 0.685. The van der Waals surface area contributed by atoms with Crippen LogP contribution < -0.4 is 4.52 Å². The van der Waals surface area contributed by atoms with Gasteiger partial charge in [0.15, 0.2) is 0 Å². The fourth-order valence-electron chi connectivity index (χ4n) is 1.80. The van der Waals surface area contributed by atoms with Crippen LogP contribution in [0, 0.1) is 0 Å². The molecule has 2 aromatic rings. The summed E-state index contributed by atoms with van der Waals surface area (Å²) >= 11 is 10.8. The van der Waals surface area contributed by atoms with Crippen LogP contribution in [0.2, 0.25) is 5.02 Å². The van der Waals surface area contributed by atoms with Gasteiger partial charge in [0.25, 0.3) is 0 Å². The summed E-state index contributed by atoms with van der Waals surface area (Å²) in [6, 6.07) is 12.3. The average molecular weight is 458 g/mol. The minimum Gasteiger partial charge on any atom is -0.420 e. The number of alkyl halides is 2. The van der Waals surface area contributed by atoms with Gasteiger partial charge < -0.3 is 9.42 Å². The first-order valence-electron chi connectivity index (χ1n) is 6.69. The molecule has 9 heteroatoms. The molecule has 0 aromatic heterocycles. The molecule has 0 amide bonds. The lowest BCUT2D eigenvalue weighted by atomic mass is 10.2. The van der Waals surface area contributed by atoms with Crippen molar-refractivity contribution in [1.82, 2.24) is 0 Å². The molecule has 1 atom stereocenters. The Bertz CT molecular complexity index is 763. The number of benzene rings is 2. The first-order chi connectivity index (χ1) is 11.3. The van der Waals surface area contributed by atoms with E-state index in [2.05, 4.69) is 20.5 Å². The normalized spacial score (nSPS) is 13.8. The second-order valence-electron chi connectivity index (χ2n) is 4.82. The summed E-state index contributed by atoms with van der Waals surface area (Å²) in [7, 11) is -4.98. The standard InChI is InChI=1S/C15H13BrClF2O3PS/c16-13-7-11(4-5-14(13)22-23(20,21)15(18)19)9-24-8-10-2-1-3-12(17)6-10/h1-7,15H,8-9H2,(H,20,21). The number of hydrogen-bond acceptors (Lipinski definition) is 3. The van der Waals surface area contributed by atoms with Gasteiger partial charge >= 0.3 is 13.8 Å². The predicted octanol–water partition coefficient (Wildman–Crippen LogP) is 6.32. The third-order valence-corrected chi connectivity index (χ3v) is 5.78. The van der Waals surface area contributed by atoms with Gasteiger partial charge in [0.05, 0.1) is 4.47 Å². The van der Waals surface area contributed by atoms with Crippen LogP contribution in [-0.2, 0) is 16.1 Å². The molecule has 2 rings (SSSR count). The molecule has 2 aromatic carbocycles. The minimum absolute atomic E-state index is 0.0928. The number of rotatable bonds is 7. The Kier molecular flexibility index (Phi) is 7.13. The van der Waals surface area contributed by atoms with Crippen molar-refractivity contribution in [2.45, 2.75) is 17.7 Å². The van der Waals surface area contributed by atoms with E-state index in [1.165, 1.54) is 6.07 Å². The van der Waals surface area contributed by atoms with Gasteiger partial charge in [-0.2, -0.15) is 20.5 Å². The van der Waals surface area contributed by atoms with Gasteiger partial charge in [-0.3, -0.25) is 0 Å². The summed E-state index contributed by atoms with van der Waals surface area (Å²) in [4.78, 5) is 9.08. The van der Waals surface area contributed by atoms with E-state index in [1.54, 1.807) is 23.9 Å². The van der Waals surface area contributed by atoms with Crippen molar-refractivity contribution in [2.24, 2.45) is 0 Å². The fraction of sp³-hybridized carbons (Fsp3) is 0.200. The molecule has 0 saturated heterocycles. The Labute approximate surface area is 156 Å². The highest BCUT2D eigenvalue weighted by Gasteiger charge is 2.34. The molecule has 130 valence electrons. The Morgan fingerprint density at radius 1 is 1.21 bits per heavy atom. The molecule has 0 fully saturated rings. The lowest BCUT2D eigenvalue weighted by molar-refractivity contribution is 0.188. The smallest absolute Gasteiger partial charge is 0.420 e. The lowest BCUT2D eigenvalue weighted by Gasteiger charge is -2.14. The Hall–Kier alpha value is -0.590. The fourth-order valence-corrected chi connectivity index (χ4v) is 4.10. The topological polar surface area (TPSA) is 46.5 Å². The Morgan fingerprint density at radius 3 is 2.46 bits per heavy atom. The second kappa shape index (κ2) is 8.68. The zero-order valence-corrected chi connectivity index (χ0v) is 16.2. The number of halogens is 4. The number of hydrogen-bond donors (Lipinski definition) is 1. The maximum absolute atomic E-state index is 12.4. The molecule has 1 unspecified atom stereocenters. The summed E-state index contributed by atoms with van der Waals surface area (Å²) in [6.45, 7) is 0. The maximum atomic E-state index is 12.4. The van der Waals surface area contributed by atoms with Crippen molar-refractivity contribution in [3.05, 3.63) is 63.1 Å². The summed E-state index contributed by atoms with van der Waals surface area (Å²) in [5.41, 5.74) is 2.02. The molecule has 0 radical (unpaired) electrons. The largest absolute Gasteiger partial charge is 0.442 e. The minimum atomic E-state index is -4.98. The van der Waals surface area contributed by atoms with Crippen molar-refractivity contribution < 1.29 is 22.8 Å². The van der Waals surface area contributed by atoms with E-state index < -0.39 is 13.8 Å². The first kappa shape index (κ1) is 19.7. The molecular weight excluding hydrogens is 445 g/mol. The van der Waals surface area contributed by atoms with Crippen LogP contribution in [0.5, 0.6) is 5.75 Å². The van der Waals surface area contributed by atoms with E-state index in [0.29, 0.717) is 15.2 Å². The van der Waals surface area contributed by atoms with Crippen molar-refractivity contribution in [2.75, 3.05) is 0 Å². The van der Waals surface area contributed by atoms with Crippen LogP contribution in [0.25, 0.3) is 0 Å². The van der Waals surface area contributed by atoms with Crippen LogP contribution in [0.3, 0.4) is 0 Å². The van der Waals surface area contributed by atoms with Gasteiger partial charge in [0.2, 0.25) is 0 Å². The van der Waals surface area contributed by atoms with Gasteiger partial charge in [0.1, 0.15) is 5.75 Å². The van der Waals surface area contributed by atoms with Gasteiger partial charge in [-0.05, 0) is 51.3 Å². The van der Waals surface area contributed by atoms with Crippen molar-refractivity contribution in [1.29, 1.82) is 0 Å². The molecule has 24 heavy (non-hydrogen) atoms. The SMILES string of the molecule is O=P(O)(Oc1ccc(CSCc2cccc(Cl)c2)cc1Br)C(F)F. The predicted molar refractivity (Wildman–Crippen MR) is 97.1 cm³/mol. The van der Waals surface area contributed by atoms with E-state index in [4.69, 9.17) is 16.5 Å². The van der Waals surface area contributed by atoms with E-state index in [-0.39, 0.29) is 5.75 Å². The molecule has 0 heterocycles. The van der Waals surface area contributed by atoms with Crippen LogP contribution in [0.1, 0.15) is 11.1 Å². The number of thioether (sulfide) groups is 1. The third kappa shape index (κ3) is 5.74. The van der Waals surface area contributed by atoms with E-state index >= 15 is 0 Å². The quantitative estimate of drug-likeness (QED) is 0.494.